The fourth-order valence-electron chi connectivity index (χ4n) is 3.30. The third-order valence-electron chi connectivity index (χ3n) is 4.44. The second-order valence-corrected chi connectivity index (χ2v) is 6.62. The van der Waals surface area contributed by atoms with Crippen molar-refractivity contribution in [3.05, 3.63) is 35.6 Å². The molecule has 1 atom stereocenters. The Labute approximate surface area is 115 Å². The number of para-hydroxylation sites is 1. The second kappa shape index (κ2) is 4.68. The molecule has 1 aliphatic rings. The van der Waals surface area contributed by atoms with Crippen LogP contribution in [-0.4, -0.2) is 6.04 Å². The van der Waals surface area contributed by atoms with E-state index in [9.17, 15) is 0 Å². The lowest BCUT2D eigenvalue weighted by Crippen LogP contribution is -2.27. The van der Waals surface area contributed by atoms with Crippen molar-refractivity contribution in [3.8, 4) is 0 Å². The van der Waals surface area contributed by atoms with Crippen molar-refractivity contribution in [2.45, 2.75) is 52.6 Å². The van der Waals surface area contributed by atoms with Crippen LogP contribution in [0, 0.1) is 12.3 Å². The van der Waals surface area contributed by atoms with Gasteiger partial charge in [-0.2, -0.15) is 0 Å². The summed E-state index contributed by atoms with van der Waals surface area (Å²) < 4.78 is 5.82. The molecule has 2 nitrogen and oxygen atoms in total. The van der Waals surface area contributed by atoms with Gasteiger partial charge in [-0.05, 0) is 37.7 Å². The number of benzene rings is 1. The molecule has 1 fully saturated rings. The molecule has 1 saturated carbocycles. The molecular formula is C17H23NO. The third-order valence-corrected chi connectivity index (χ3v) is 4.44. The van der Waals surface area contributed by atoms with Gasteiger partial charge in [0.05, 0.1) is 0 Å². The van der Waals surface area contributed by atoms with E-state index in [0.717, 1.165) is 17.9 Å². The number of aryl methyl sites for hydroxylation is 1. The number of hydrogen-bond donors (Lipinski definition) is 1. The second-order valence-electron chi connectivity index (χ2n) is 6.62. The fourth-order valence-corrected chi connectivity index (χ4v) is 3.30. The molecule has 19 heavy (non-hydrogen) atoms. The van der Waals surface area contributed by atoms with E-state index in [1.807, 2.05) is 12.1 Å². The van der Waals surface area contributed by atoms with E-state index >= 15 is 0 Å². The number of hydrogen-bond acceptors (Lipinski definition) is 2. The Morgan fingerprint density at radius 3 is 2.84 bits per heavy atom. The molecule has 2 heteroatoms. The van der Waals surface area contributed by atoms with Crippen LogP contribution in [-0.2, 0) is 6.54 Å². The molecule has 0 amide bonds. The van der Waals surface area contributed by atoms with Crippen molar-refractivity contribution in [3.63, 3.8) is 0 Å². The Morgan fingerprint density at radius 2 is 2.11 bits per heavy atom. The van der Waals surface area contributed by atoms with E-state index in [1.165, 1.54) is 30.2 Å². The SMILES string of the molecule is Cc1oc2ccccc2c1CNC1CCC(C)(C)C1. The lowest BCUT2D eigenvalue weighted by atomic mass is 9.92. The van der Waals surface area contributed by atoms with E-state index in [2.05, 4.69) is 38.2 Å². The van der Waals surface area contributed by atoms with Gasteiger partial charge < -0.3 is 9.73 Å². The topological polar surface area (TPSA) is 25.2 Å². The van der Waals surface area contributed by atoms with Gasteiger partial charge in [-0.1, -0.05) is 32.0 Å². The van der Waals surface area contributed by atoms with Crippen molar-refractivity contribution in [2.75, 3.05) is 0 Å². The summed E-state index contributed by atoms with van der Waals surface area (Å²) >= 11 is 0. The van der Waals surface area contributed by atoms with Crippen molar-refractivity contribution in [1.29, 1.82) is 0 Å². The van der Waals surface area contributed by atoms with E-state index in [-0.39, 0.29) is 0 Å². The molecule has 1 heterocycles. The largest absolute Gasteiger partial charge is 0.461 e. The quantitative estimate of drug-likeness (QED) is 0.881. The zero-order valence-corrected chi connectivity index (χ0v) is 12.1. The van der Waals surface area contributed by atoms with Gasteiger partial charge in [0.1, 0.15) is 11.3 Å². The zero-order valence-electron chi connectivity index (χ0n) is 12.1. The Morgan fingerprint density at radius 1 is 1.32 bits per heavy atom. The predicted molar refractivity (Wildman–Crippen MR) is 79.2 cm³/mol. The van der Waals surface area contributed by atoms with Crippen LogP contribution in [0.3, 0.4) is 0 Å². The molecule has 1 unspecified atom stereocenters. The van der Waals surface area contributed by atoms with Gasteiger partial charge in [0.15, 0.2) is 0 Å². The summed E-state index contributed by atoms with van der Waals surface area (Å²) in [5.74, 6) is 1.05. The standard InChI is InChI=1S/C17H23NO/c1-12-15(14-6-4-5-7-16(14)19-12)11-18-13-8-9-17(2,3)10-13/h4-7,13,18H,8-11H2,1-3H3. The van der Waals surface area contributed by atoms with Crippen LogP contribution in [0.25, 0.3) is 11.0 Å². The van der Waals surface area contributed by atoms with Crippen LogP contribution in [0.15, 0.2) is 28.7 Å². The van der Waals surface area contributed by atoms with Gasteiger partial charge in [-0.3, -0.25) is 0 Å². The number of nitrogens with one attached hydrogen (secondary N) is 1. The van der Waals surface area contributed by atoms with Crippen molar-refractivity contribution in [1.82, 2.24) is 5.32 Å². The van der Waals surface area contributed by atoms with Crippen molar-refractivity contribution >= 4 is 11.0 Å². The highest BCUT2D eigenvalue weighted by molar-refractivity contribution is 5.82. The molecule has 0 radical (unpaired) electrons. The Bertz CT molecular complexity index is 582. The van der Waals surface area contributed by atoms with E-state index in [0.29, 0.717) is 11.5 Å². The first-order chi connectivity index (χ1) is 9.05. The van der Waals surface area contributed by atoms with Crippen LogP contribution < -0.4 is 5.32 Å². The summed E-state index contributed by atoms with van der Waals surface area (Å²) in [6.07, 6.45) is 3.90. The summed E-state index contributed by atoms with van der Waals surface area (Å²) in [6, 6.07) is 8.97. The van der Waals surface area contributed by atoms with Crippen LogP contribution in [0.5, 0.6) is 0 Å². The number of rotatable bonds is 3. The lowest BCUT2D eigenvalue weighted by Gasteiger charge is -2.17. The van der Waals surface area contributed by atoms with E-state index < -0.39 is 0 Å². The summed E-state index contributed by atoms with van der Waals surface area (Å²) in [5.41, 5.74) is 2.83. The summed E-state index contributed by atoms with van der Waals surface area (Å²) in [6.45, 7) is 7.72. The van der Waals surface area contributed by atoms with Gasteiger partial charge in [0.2, 0.25) is 0 Å². The van der Waals surface area contributed by atoms with Gasteiger partial charge in [0.25, 0.3) is 0 Å². The first-order valence-corrected chi connectivity index (χ1v) is 7.25. The number of fused-ring (bicyclic) bond motifs is 1. The monoisotopic (exact) mass is 257 g/mol. The average Bonchev–Trinajstić information content (AvgIpc) is 2.86. The lowest BCUT2D eigenvalue weighted by molar-refractivity contribution is 0.364. The maximum absolute atomic E-state index is 5.82. The molecule has 1 N–H and O–H groups in total. The highest BCUT2D eigenvalue weighted by Crippen LogP contribution is 2.37. The van der Waals surface area contributed by atoms with Gasteiger partial charge >= 0.3 is 0 Å². The van der Waals surface area contributed by atoms with Gasteiger partial charge in [-0.25, -0.2) is 0 Å². The highest BCUT2D eigenvalue weighted by atomic mass is 16.3. The molecule has 3 rings (SSSR count). The fraction of sp³-hybridized carbons (Fsp3) is 0.529. The summed E-state index contributed by atoms with van der Waals surface area (Å²) in [7, 11) is 0. The Hall–Kier alpha value is -1.28. The molecule has 1 aliphatic carbocycles. The average molecular weight is 257 g/mol. The first-order valence-electron chi connectivity index (χ1n) is 7.25. The summed E-state index contributed by atoms with van der Waals surface area (Å²) in [4.78, 5) is 0. The zero-order chi connectivity index (χ0) is 13.5. The minimum absolute atomic E-state index is 0.505. The predicted octanol–water partition coefficient (Wildman–Crippen LogP) is 4.41. The normalized spacial score (nSPS) is 22.2. The molecule has 1 aromatic carbocycles. The smallest absolute Gasteiger partial charge is 0.134 e. The Balaban J connectivity index is 1.74. The van der Waals surface area contributed by atoms with Crippen molar-refractivity contribution in [2.24, 2.45) is 5.41 Å². The Kier molecular flexibility index (Phi) is 3.14. The minimum Gasteiger partial charge on any atom is -0.461 e. The van der Waals surface area contributed by atoms with Crippen LogP contribution in [0.1, 0.15) is 44.4 Å². The maximum atomic E-state index is 5.82. The minimum atomic E-state index is 0.505. The van der Waals surface area contributed by atoms with E-state index in [1.54, 1.807) is 0 Å². The molecule has 102 valence electrons. The molecule has 0 spiro atoms. The molecule has 0 saturated heterocycles. The molecule has 0 bridgehead atoms. The molecule has 1 aromatic heterocycles. The van der Waals surface area contributed by atoms with Crippen LogP contribution in [0.4, 0.5) is 0 Å². The molecular weight excluding hydrogens is 234 g/mol. The van der Waals surface area contributed by atoms with Gasteiger partial charge in [0, 0.05) is 23.5 Å². The maximum Gasteiger partial charge on any atom is 0.134 e. The third kappa shape index (κ3) is 2.55. The van der Waals surface area contributed by atoms with Crippen molar-refractivity contribution < 1.29 is 4.42 Å². The highest BCUT2D eigenvalue weighted by Gasteiger charge is 2.30. The first kappa shape index (κ1) is 12.7. The van der Waals surface area contributed by atoms with Gasteiger partial charge in [-0.15, -0.1) is 0 Å². The van der Waals surface area contributed by atoms with Crippen LogP contribution in [0.2, 0.25) is 0 Å². The molecule has 0 aliphatic heterocycles. The molecule has 2 aromatic rings. The number of furan rings is 1. The van der Waals surface area contributed by atoms with Crippen LogP contribution >= 0.6 is 0 Å². The van der Waals surface area contributed by atoms with E-state index in [4.69, 9.17) is 4.42 Å². The summed E-state index contributed by atoms with van der Waals surface area (Å²) in [5, 5.41) is 4.97.